The third kappa shape index (κ3) is 1.75. The van der Waals surface area contributed by atoms with Gasteiger partial charge in [-0.25, -0.2) is 14.7 Å². The van der Waals surface area contributed by atoms with Crippen LogP contribution < -0.4 is 4.90 Å². The summed E-state index contributed by atoms with van der Waals surface area (Å²) in [5.41, 5.74) is 1.56. The first-order chi connectivity index (χ1) is 7.72. The maximum atomic E-state index is 11.0. The summed E-state index contributed by atoms with van der Waals surface area (Å²) in [6.45, 7) is 3.72. The number of aromatic amines is 1. The maximum Gasteiger partial charge on any atom is 0.414 e. The molecule has 0 fully saturated rings. The van der Waals surface area contributed by atoms with Gasteiger partial charge >= 0.3 is 6.09 Å². The number of hydrogen-bond acceptors (Lipinski definition) is 2. The number of imidazole rings is 1. The lowest BCUT2D eigenvalue weighted by molar-refractivity contribution is 0.202. The van der Waals surface area contributed by atoms with Crippen molar-refractivity contribution < 1.29 is 9.90 Å². The van der Waals surface area contributed by atoms with Crippen molar-refractivity contribution in [2.24, 2.45) is 0 Å². The highest BCUT2D eigenvalue weighted by Crippen LogP contribution is 2.16. The standard InChI is InChI=1S/C11H11N3O2/c1-2-7-14(11(15)16)10-12-8-5-3-4-6-9(8)13-10/h2-6H,1,7H2,(H,12,13)(H,15,16). The van der Waals surface area contributed by atoms with E-state index in [9.17, 15) is 4.79 Å². The third-order valence-corrected chi connectivity index (χ3v) is 2.18. The average Bonchev–Trinajstić information content (AvgIpc) is 2.68. The Labute approximate surface area is 92.0 Å². The van der Waals surface area contributed by atoms with Gasteiger partial charge in [-0.2, -0.15) is 0 Å². The molecule has 0 bridgehead atoms. The lowest BCUT2D eigenvalue weighted by Crippen LogP contribution is -2.30. The molecule has 16 heavy (non-hydrogen) atoms. The van der Waals surface area contributed by atoms with Crippen LogP contribution in [0.4, 0.5) is 10.7 Å². The second kappa shape index (κ2) is 4.06. The molecule has 0 aliphatic rings. The smallest absolute Gasteiger partial charge is 0.414 e. The van der Waals surface area contributed by atoms with E-state index in [4.69, 9.17) is 5.11 Å². The molecular weight excluding hydrogens is 206 g/mol. The molecular formula is C11H11N3O2. The number of hydrogen-bond donors (Lipinski definition) is 2. The summed E-state index contributed by atoms with van der Waals surface area (Å²) in [5.74, 6) is 0.314. The van der Waals surface area contributed by atoms with Gasteiger partial charge in [0.05, 0.1) is 11.0 Å². The number of rotatable bonds is 3. The Morgan fingerprint density at radius 2 is 2.31 bits per heavy atom. The molecule has 0 aliphatic carbocycles. The number of carbonyl (C=O) groups is 1. The molecule has 0 unspecified atom stereocenters. The Kier molecular flexibility index (Phi) is 2.59. The van der Waals surface area contributed by atoms with Gasteiger partial charge in [0.1, 0.15) is 0 Å². The van der Waals surface area contributed by atoms with Crippen LogP contribution in [0.5, 0.6) is 0 Å². The van der Waals surface area contributed by atoms with Crippen molar-refractivity contribution in [2.45, 2.75) is 0 Å². The number of fused-ring (bicyclic) bond motifs is 1. The average molecular weight is 217 g/mol. The molecule has 0 atom stereocenters. The minimum atomic E-state index is -1.06. The fourth-order valence-corrected chi connectivity index (χ4v) is 1.45. The molecule has 5 nitrogen and oxygen atoms in total. The van der Waals surface area contributed by atoms with Gasteiger partial charge in [-0.1, -0.05) is 18.2 Å². The molecule has 5 heteroatoms. The number of H-pyrrole nitrogens is 1. The molecule has 1 aromatic carbocycles. The van der Waals surface area contributed by atoms with Gasteiger partial charge in [-0.15, -0.1) is 6.58 Å². The summed E-state index contributed by atoms with van der Waals surface area (Å²) >= 11 is 0. The normalized spacial score (nSPS) is 10.2. The predicted molar refractivity (Wildman–Crippen MR) is 61.7 cm³/mol. The monoisotopic (exact) mass is 217 g/mol. The highest BCUT2D eigenvalue weighted by Gasteiger charge is 2.16. The molecule has 2 aromatic rings. The molecule has 1 aromatic heterocycles. The number of para-hydroxylation sites is 2. The molecule has 0 spiro atoms. The maximum absolute atomic E-state index is 11.0. The van der Waals surface area contributed by atoms with Crippen molar-refractivity contribution in [1.82, 2.24) is 9.97 Å². The van der Waals surface area contributed by atoms with Crippen molar-refractivity contribution >= 4 is 23.1 Å². The second-order valence-electron chi connectivity index (χ2n) is 3.26. The first-order valence-electron chi connectivity index (χ1n) is 4.78. The van der Waals surface area contributed by atoms with Crippen LogP contribution in [0.1, 0.15) is 0 Å². The molecule has 0 aliphatic heterocycles. The van der Waals surface area contributed by atoms with E-state index in [0.29, 0.717) is 5.95 Å². The molecule has 2 rings (SSSR count). The quantitative estimate of drug-likeness (QED) is 0.774. The minimum Gasteiger partial charge on any atom is -0.465 e. The lowest BCUT2D eigenvalue weighted by atomic mass is 10.3. The summed E-state index contributed by atoms with van der Waals surface area (Å²) in [5, 5.41) is 9.00. The van der Waals surface area contributed by atoms with Gasteiger partial charge in [0, 0.05) is 6.54 Å². The van der Waals surface area contributed by atoms with Crippen LogP contribution in [0.2, 0.25) is 0 Å². The van der Waals surface area contributed by atoms with Crippen molar-refractivity contribution in [3.8, 4) is 0 Å². The first kappa shape index (κ1) is 10.2. The largest absolute Gasteiger partial charge is 0.465 e. The highest BCUT2D eigenvalue weighted by molar-refractivity contribution is 5.87. The summed E-state index contributed by atoms with van der Waals surface area (Å²) in [4.78, 5) is 19.2. The summed E-state index contributed by atoms with van der Waals surface area (Å²) in [6, 6.07) is 7.39. The van der Waals surface area contributed by atoms with Crippen LogP contribution in [0.3, 0.4) is 0 Å². The van der Waals surface area contributed by atoms with Crippen molar-refractivity contribution in [3.63, 3.8) is 0 Å². The van der Waals surface area contributed by atoms with Gasteiger partial charge in [-0.05, 0) is 12.1 Å². The van der Waals surface area contributed by atoms with Gasteiger partial charge in [0.2, 0.25) is 5.95 Å². The van der Waals surface area contributed by atoms with Crippen molar-refractivity contribution in [1.29, 1.82) is 0 Å². The first-order valence-corrected chi connectivity index (χ1v) is 4.78. The number of aromatic nitrogens is 2. The Balaban J connectivity index is 2.44. The van der Waals surface area contributed by atoms with E-state index in [-0.39, 0.29) is 6.54 Å². The third-order valence-electron chi connectivity index (χ3n) is 2.18. The van der Waals surface area contributed by atoms with E-state index in [1.165, 1.54) is 6.08 Å². The van der Waals surface area contributed by atoms with Gasteiger partial charge in [0.15, 0.2) is 0 Å². The Morgan fingerprint density at radius 3 is 2.94 bits per heavy atom. The zero-order valence-corrected chi connectivity index (χ0v) is 8.55. The number of carboxylic acid groups (broad SMARTS) is 1. The second-order valence-corrected chi connectivity index (χ2v) is 3.26. The van der Waals surface area contributed by atoms with Crippen LogP contribution in [0.15, 0.2) is 36.9 Å². The van der Waals surface area contributed by atoms with E-state index < -0.39 is 6.09 Å². The molecule has 1 amide bonds. The van der Waals surface area contributed by atoms with Crippen LogP contribution in [-0.2, 0) is 0 Å². The number of nitrogens with one attached hydrogen (secondary N) is 1. The van der Waals surface area contributed by atoms with Crippen LogP contribution >= 0.6 is 0 Å². The fraction of sp³-hybridized carbons (Fsp3) is 0.0909. The van der Waals surface area contributed by atoms with Crippen LogP contribution in [0, 0.1) is 0 Å². The Hall–Kier alpha value is -2.30. The van der Waals surface area contributed by atoms with Crippen molar-refractivity contribution in [2.75, 3.05) is 11.4 Å². The van der Waals surface area contributed by atoms with Crippen LogP contribution in [0.25, 0.3) is 11.0 Å². The molecule has 0 saturated heterocycles. The van der Waals surface area contributed by atoms with E-state index in [1.807, 2.05) is 24.3 Å². The molecule has 1 heterocycles. The number of anilines is 1. The SMILES string of the molecule is C=CCN(C(=O)O)c1nc2ccccc2[nH]1. The molecule has 0 radical (unpaired) electrons. The minimum absolute atomic E-state index is 0.204. The molecule has 0 saturated carbocycles. The Morgan fingerprint density at radius 1 is 1.56 bits per heavy atom. The number of nitrogens with zero attached hydrogens (tertiary/aromatic N) is 2. The zero-order chi connectivity index (χ0) is 11.5. The van der Waals surface area contributed by atoms with Crippen LogP contribution in [-0.4, -0.2) is 27.7 Å². The van der Waals surface area contributed by atoms with E-state index in [2.05, 4.69) is 16.5 Å². The van der Waals surface area contributed by atoms with E-state index in [0.717, 1.165) is 15.9 Å². The lowest BCUT2D eigenvalue weighted by Gasteiger charge is -2.12. The van der Waals surface area contributed by atoms with E-state index >= 15 is 0 Å². The fourth-order valence-electron chi connectivity index (χ4n) is 1.45. The van der Waals surface area contributed by atoms with Crippen molar-refractivity contribution in [3.05, 3.63) is 36.9 Å². The topological polar surface area (TPSA) is 69.2 Å². The summed E-state index contributed by atoms with van der Waals surface area (Å²) < 4.78 is 0. The van der Waals surface area contributed by atoms with Gasteiger partial charge < -0.3 is 10.1 Å². The van der Waals surface area contributed by atoms with Gasteiger partial charge in [-0.3, -0.25) is 0 Å². The summed E-state index contributed by atoms with van der Waals surface area (Å²) in [7, 11) is 0. The van der Waals surface area contributed by atoms with Gasteiger partial charge in [0.25, 0.3) is 0 Å². The number of benzene rings is 1. The highest BCUT2D eigenvalue weighted by atomic mass is 16.4. The van der Waals surface area contributed by atoms with E-state index in [1.54, 1.807) is 0 Å². The number of amides is 1. The molecule has 82 valence electrons. The predicted octanol–water partition coefficient (Wildman–Crippen LogP) is 2.23. The summed E-state index contributed by atoms with van der Waals surface area (Å²) in [6.07, 6.45) is 0.459. The zero-order valence-electron chi connectivity index (χ0n) is 8.55. The Bertz CT molecular complexity index is 500. The molecule has 2 N–H and O–H groups in total.